The maximum atomic E-state index is 14.7. The van der Waals surface area contributed by atoms with Crippen molar-refractivity contribution in [2.24, 2.45) is 0 Å². The molecule has 122 valence electrons. The Bertz CT molecular complexity index is 844. The largest absolute Gasteiger partial charge is 0.357 e. The molecule has 1 unspecified atom stereocenters. The van der Waals surface area contributed by atoms with Crippen molar-refractivity contribution in [3.8, 4) is 11.1 Å². The number of fused-ring (bicyclic) bond motifs is 1. The summed E-state index contributed by atoms with van der Waals surface area (Å²) >= 11 is 0. The number of rotatable bonds is 3. The predicted molar refractivity (Wildman–Crippen MR) is 92.7 cm³/mol. The van der Waals surface area contributed by atoms with Crippen LogP contribution in [0.4, 0.5) is 10.3 Å². The SMILES string of the molecule is CNc1onc2c1CC(c1ccc(-c3ccccc3)cc1F)CC2. The van der Waals surface area contributed by atoms with Gasteiger partial charge in [0.1, 0.15) is 5.82 Å². The molecular weight excluding hydrogens is 303 g/mol. The molecule has 1 heterocycles. The highest BCUT2D eigenvalue weighted by molar-refractivity contribution is 5.64. The molecule has 0 spiro atoms. The average molecular weight is 322 g/mol. The minimum atomic E-state index is -0.132. The number of nitrogens with zero attached hydrogens (tertiary/aromatic N) is 1. The van der Waals surface area contributed by atoms with Gasteiger partial charge in [0.2, 0.25) is 5.88 Å². The van der Waals surface area contributed by atoms with Crippen LogP contribution in [0.2, 0.25) is 0 Å². The Balaban J connectivity index is 1.63. The summed E-state index contributed by atoms with van der Waals surface area (Å²) in [7, 11) is 1.82. The molecule has 0 radical (unpaired) electrons. The van der Waals surface area contributed by atoms with Gasteiger partial charge in [0.25, 0.3) is 0 Å². The molecule has 0 aliphatic heterocycles. The lowest BCUT2D eigenvalue weighted by atomic mass is 9.82. The summed E-state index contributed by atoms with van der Waals surface area (Å²) in [5.74, 6) is 0.733. The molecule has 1 aromatic heterocycles. The van der Waals surface area contributed by atoms with Gasteiger partial charge in [-0.2, -0.15) is 0 Å². The Morgan fingerprint density at radius 1 is 1.12 bits per heavy atom. The number of hydrogen-bond acceptors (Lipinski definition) is 3. The van der Waals surface area contributed by atoms with Crippen molar-refractivity contribution in [2.75, 3.05) is 12.4 Å². The van der Waals surface area contributed by atoms with E-state index in [4.69, 9.17) is 4.52 Å². The molecule has 0 saturated heterocycles. The van der Waals surface area contributed by atoms with E-state index in [9.17, 15) is 4.39 Å². The van der Waals surface area contributed by atoms with E-state index in [0.29, 0.717) is 5.88 Å². The molecule has 1 N–H and O–H groups in total. The van der Waals surface area contributed by atoms with E-state index in [-0.39, 0.29) is 11.7 Å². The molecule has 3 aromatic rings. The summed E-state index contributed by atoms with van der Waals surface area (Å²) in [5.41, 5.74) is 4.81. The molecule has 24 heavy (non-hydrogen) atoms. The van der Waals surface area contributed by atoms with Gasteiger partial charge in [0.15, 0.2) is 0 Å². The molecule has 1 aliphatic carbocycles. The Morgan fingerprint density at radius 2 is 1.96 bits per heavy atom. The van der Waals surface area contributed by atoms with Crippen molar-refractivity contribution in [3.63, 3.8) is 0 Å². The van der Waals surface area contributed by atoms with Crippen LogP contribution in [0.5, 0.6) is 0 Å². The van der Waals surface area contributed by atoms with Crippen LogP contribution < -0.4 is 5.32 Å². The van der Waals surface area contributed by atoms with Gasteiger partial charge in [0, 0.05) is 12.6 Å². The highest BCUT2D eigenvalue weighted by Crippen LogP contribution is 2.37. The zero-order valence-electron chi connectivity index (χ0n) is 13.6. The van der Waals surface area contributed by atoms with Gasteiger partial charge in [-0.15, -0.1) is 0 Å². The summed E-state index contributed by atoms with van der Waals surface area (Å²) in [6.07, 6.45) is 2.48. The quantitative estimate of drug-likeness (QED) is 0.753. The van der Waals surface area contributed by atoms with Gasteiger partial charge >= 0.3 is 0 Å². The normalized spacial score (nSPS) is 16.7. The number of aryl methyl sites for hydroxylation is 1. The Hall–Kier alpha value is -2.62. The van der Waals surface area contributed by atoms with Crippen LogP contribution in [0.3, 0.4) is 0 Å². The van der Waals surface area contributed by atoms with Crippen molar-refractivity contribution in [1.82, 2.24) is 5.16 Å². The summed E-state index contributed by atoms with van der Waals surface area (Å²) in [6.45, 7) is 0. The van der Waals surface area contributed by atoms with Crippen LogP contribution in [0.25, 0.3) is 11.1 Å². The second-order valence-electron chi connectivity index (χ2n) is 6.23. The molecule has 0 amide bonds. The van der Waals surface area contributed by atoms with E-state index in [1.54, 1.807) is 6.07 Å². The number of halogens is 1. The van der Waals surface area contributed by atoms with E-state index in [1.165, 1.54) is 0 Å². The first-order valence-corrected chi connectivity index (χ1v) is 8.26. The molecule has 4 heteroatoms. The highest BCUT2D eigenvalue weighted by Gasteiger charge is 2.27. The maximum absolute atomic E-state index is 14.7. The van der Waals surface area contributed by atoms with Gasteiger partial charge in [0.05, 0.1) is 5.69 Å². The second-order valence-corrected chi connectivity index (χ2v) is 6.23. The fraction of sp³-hybridized carbons (Fsp3) is 0.250. The van der Waals surface area contributed by atoms with Crippen molar-refractivity contribution >= 4 is 5.88 Å². The van der Waals surface area contributed by atoms with Crippen molar-refractivity contribution in [3.05, 3.63) is 71.2 Å². The number of anilines is 1. The zero-order valence-corrected chi connectivity index (χ0v) is 13.6. The molecule has 4 rings (SSSR count). The number of hydrogen-bond donors (Lipinski definition) is 1. The van der Waals surface area contributed by atoms with E-state index in [1.807, 2.05) is 49.5 Å². The number of aromatic nitrogens is 1. The summed E-state index contributed by atoms with van der Waals surface area (Å²) in [5, 5.41) is 7.13. The third-order valence-electron chi connectivity index (χ3n) is 4.82. The van der Waals surface area contributed by atoms with Crippen molar-refractivity contribution < 1.29 is 8.91 Å². The van der Waals surface area contributed by atoms with Crippen LogP contribution in [0.1, 0.15) is 29.2 Å². The molecule has 1 aliphatic rings. The van der Waals surface area contributed by atoms with Crippen LogP contribution >= 0.6 is 0 Å². The third kappa shape index (κ3) is 2.58. The first-order chi connectivity index (χ1) is 11.8. The van der Waals surface area contributed by atoms with E-state index < -0.39 is 0 Å². The molecule has 2 aromatic carbocycles. The third-order valence-corrected chi connectivity index (χ3v) is 4.82. The maximum Gasteiger partial charge on any atom is 0.227 e. The monoisotopic (exact) mass is 322 g/mol. The topological polar surface area (TPSA) is 38.1 Å². The molecular formula is C20H19FN2O. The van der Waals surface area contributed by atoms with Gasteiger partial charge in [-0.25, -0.2) is 4.39 Å². The zero-order chi connectivity index (χ0) is 16.5. The summed E-state index contributed by atoms with van der Waals surface area (Å²) in [4.78, 5) is 0. The first kappa shape index (κ1) is 14.9. The fourth-order valence-electron chi connectivity index (χ4n) is 3.54. The molecule has 0 saturated carbocycles. The molecule has 3 nitrogen and oxygen atoms in total. The second kappa shape index (κ2) is 6.11. The smallest absolute Gasteiger partial charge is 0.227 e. The average Bonchev–Trinajstić information content (AvgIpc) is 3.04. The van der Waals surface area contributed by atoms with Crippen LogP contribution in [-0.4, -0.2) is 12.2 Å². The highest BCUT2D eigenvalue weighted by atomic mass is 19.1. The van der Waals surface area contributed by atoms with E-state index >= 15 is 0 Å². The van der Waals surface area contributed by atoms with Crippen molar-refractivity contribution in [1.29, 1.82) is 0 Å². The lowest BCUT2D eigenvalue weighted by molar-refractivity contribution is 0.423. The van der Waals surface area contributed by atoms with Crippen LogP contribution in [0.15, 0.2) is 53.1 Å². The summed E-state index contributed by atoms with van der Waals surface area (Å²) in [6, 6.07) is 15.5. The Labute approximate surface area is 140 Å². The predicted octanol–water partition coefficient (Wildman–Crippen LogP) is 4.79. The molecule has 0 bridgehead atoms. The molecule has 1 atom stereocenters. The van der Waals surface area contributed by atoms with Crippen molar-refractivity contribution in [2.45, 2.75) is 25.2 Å². The first-order valence-electron chi connectivity index (χ1n) is 8.26. The number of nitrogens with one attached hydrogen (secondary N) is 1. The van der Waals surface area contributed by atoms with Gasteiger partial charge < -0.3 is 9.84 Å². The lowest BCUT2D eigenvalue weighted by Gasteiger charge is -2.22. The Morgan fingerprint density at radius 3 is 2.71 bits per heavy atom. The fourth-order valence-corrected chi connectivity index (χ4v) is 3.54. The van der Waals surface area contributed by atoms with Crippen LogP contribution in [-0.2, 0) is 12.8 Å². The lowest BCUT2D eigenvalue weighted by Crippen LogP contribution is -2.14. The van der Waals surface area contributed by atoms with Gasteiger partial charge in [-0.1, -0.05) is 47.6 Å². The minimum absolute atomic E-state index is 0.132. The minimum Gasteiger partial charge on any atom is -0.357 e. The van der Waals surface area contributed by atoms with E-state index in [2.05, 4.69) is 10.5 Å². The van der Waals surface area contributed by atoms with Crippen LogP contribution in [0, 0.1) is 5.82 Å². The van der Waals surface area contributed by atoms with E-state index in [0.717, 1.165) is 47.2 Å². The van der Waals surface area contributed by atoms with Gasteiger partial charge in [-0.05, 0) is 47.9 Å². The summed E-state index contributed by atoms with van der Waals surface area (Å²) < 4.78 is 20.1. The Kier molecular flexibility index (Phi) is 3.81. The number of benzene rings is 2. The molecule has 0 fully saturated rings. The van der Waals surface area contributed by atoms with Gasteiger partial charge in [-0.3, -0.25) is 0 Å². The standard InChI is InChI=1S/C20H19FN2O/c1-22-20-17-11-15(8-10-19(17)23-24-20)16-9-7-14(12-18(16)21)13-5-3-2-4-6-13/h2-7,9,12,15,22H,8,10-11H2,1H3.